The first-order valence-electron chi connectivity index (χ1n) is 16.7. The van der Waals surface area contributed by atoms with Gasteiger partial charge in [-0.1, -0.05) is 124 Å². The van der Waals surface area contributed by atoms with Gasteiger partial charge in [-0.15, -0.1) is 0 Å². The van der Waals surface area contributed by atoms with E-state index in [4.69, 9.17) is 0 Å². The maximum absolute atomic E-state index is 2.51. The van der Waals surface area contributed by atoms with Crippen LogP contribution in [0, 0.1) is 6.92 Å². The Morgan fingerprint density at radius 2 is 1.16 bits per heavy atom. The summed E-state index contributed by atoms with van der Waals surface area (Å²) in [6.45, 7) is 6.98. The molecule has 0 saturated heterocycles. The summed E-state index contributed by atoms with van der Waals surface area (Å²) in [5.74, 6) is 0.684. The third-order valence-corrected chi connectivity index (χ3v) is 10.6. The summed E-state index contributed by atoms with van der Waals surface area (Å²) in [6, 6.07) is 48.0. The molecule has 6 aromatic carbocycles. The first kappa shape index (κ1) is 27.9. The highest BCUT2D eigenvalue weighted by Crippen LogP contribution is 2.51. The minimum absolute atomic E-state index is 0.0688. The molecule has 1 heteroatoms. The van der Waals surface area contributed by atoms with E-state index in [0.717, 1.165) is 0 Å². The van der Waals surface area contributed by atoms with Crippen LogP contribution in [-0.2, 0) is 5.41 Å². The fraction of sp³-hybridized carbons (Fsp3) is 0.227. The molecule has 2 aliphatic rings. The van der Waals surface area contributed by atoms with Crippen LogP contribution < -0.4 is 4.90 Å². The van der Waals surface area contributed by atoms with Gasteiger partial charge in [0.15, 0.2) is 0 Å². The molecule has 0 amide bonds. The van der Waals surface area contributed by atoms with Gasteiger partial charge in [-0.2, -0.15) is 0 Å². The van der Waals surface area contributed by atoms with Crippen molar-refractivity contribution in [3.8, 4) is 22.3 Å². The van der Waals surface area contributed by atoms with E-state index >= 15 is 0 Å². The van der Waals surface area contributed by atoms with Crippen molar-refractivity contribution < 1.29 is 0 Å². The average Bonchev–Trinajstić information content (AvgIpc) is 3.31. The van der Waals surface area contributed by atoms with Crippen LogP contribution in [0.4, 0.5) is 17.1 Å². The molecule has 0 N–H and O–H groups in total. The summed E-state index contributed by atoms with van der Waals surface area (Å²) >= 11 is 0. The molecule has 0 aliphatic heterocycles. The van der Waals surface area contributed by atoms with Crippen LogP contribution in [0.2, 0.25) is 0 Å². The van der Waals surface area contributed by atoms with Crippen LogP contribution in [0.15, 0.2) is 127 Å². The molecule has 45 heavy (non-hydrogen) atoms. The largest absolute Gasteiger partial charge is 0.310 e. The lowest BCUT2D eigenvalue weighted by Crippen LogP contribution is -2.17. The molecule has 0 aromatic heterocycles. The Kier molecular flexibility index (Phi) is 6.86. The van der Waals surface area contributed by atoms with Crippen molar-refractivity contribution in [1.82, 2.24) is 0 Å². The fourth-order valence-electron chi connectivity index (χ4n) is 8.09. The molecule has 0 heterocycles. The molecular formula is C44H41N. The Morgan fingerprint density at radius 3 is 1.91 bits per heavy atom. The third kappa shape index (κ3) is 4.77. The second kappa shape index (κ2) is 11.1. The van der Waals surface area contributed by atoms with Crippen molar-refractivity contribution in [2.75, 3.05) is 4.90 Å². The van der Waals surface area contributed by atoms with Gasteiger partial charge in [0.1, 0.15) is 0 Å². The second-order valence-corrected chi connectivity index (χ2v) is 13.7. The maximum atomic E-state index is 2.51. The number of fused-ring (bicyclic) bond motifs is 4. The predicted molar refractivity (Wildman–Crippen MR) is 192 cm³/mol. The molecule has 0 bridgehead atoms. The molecular weight excluding hydrogens is 542 g/mol. The molecule has 6 aromatic rings. The predicted octanol–water partition coefficient (Wildman–Crippen LogP) is 12.6. The molecule has 0 atom stereocenters. The number of rotatable bonds is 5. The molecule has 1 fully saturated rings. The minimum Gasteiger partial charge on any atom is -0.310 e. The van der Waals surface area contributed by atoms with Crippen molar-refractivity contribution >= 4 is 27.8 Å². The zero-order chi connectivity index (χ0) is 30.5. The number of aryl methyl sites for hydroxylation is 1. The lowest BCUT2D eigenvalue weighted by atomic mass is 9.82. The highest BCUT2D eigenvalue weighted by molar-refractivity contribution is 5.99. The number of benzene rings is 6. The first-order chi connectivity index (χ1) is 22.0. The monoisotopic (exact) mass is 583 g/mol. The van der Waals surface area contributed by atoms with Crippen molar-refractivity contribution in [3.63, 3.8) is 0 Å². The van der Waals surface area contributed by atoms with E-state index in [0.29, 0.717) is 5.92 Å². The van der Waals surface area contributed by atoms with E-state index in [1.807, 2.05) is 0 Å². The molecule has 1 saturated carbocycles. The van der Waals surface area contributed by atoms with E-state index in [1.165, 1.54) is 104 Å². The Hall–Kier alpha value is -4.62. The Bertz CT molecular complexity index is 2020. The quantitative estimate of drug-likeness (QED) is 0.195. The molecule has 2 aliphatic carbocycles. The van der Waals surface area contributed by atoms with Gasteiger partial charge < -0.3 is 4.90 Å². The Morgan fingerprint density at radius 1 is 0.533 bits per heavy atom. The molecule has 0 radical (unpaired) electrons. The molecule has 0 unspecified atom stereocenters. The number of nitrogens with zero attached hydrogens (tertiary/aromatic N) is 1. The number of hydrogen-bond donors (Lipinski definition) is 0. The molecule has 1 nitrogen and oxygen atoms in total. The topological polar surface area (TPSA) is 3.24 Å². The van der Waals surface area contributed by atoms with Gasteiger partial charge in [0.2, 0.25) is 0 Å². The minimum atomic E-state index is -0.0688. The molecule has 0 spiro atoms. The van der Waals surface area contributed by atoms with E-state index < -0.39 is 0 Å². The Labute approximate surface area is 268 Å². The zero-order valence-electron chi connectivity index (χ0n) is 26.7. The normalized spacial score (nSPS) is 15.5. The van der Waals surface area contributed by atoms with Crippen molar-refractivity contribution in [1.29, 1.82) is 0 Å². The van der Waals surface area contributed by atoms with Crippen molar-refractivity contribution in [2.45, 2.75) is 64.2 Å². The summed E-state index contributed by atoms with van der Waals surface area (Å²) in [5, 5.41) is 2.51. The van der Waals surface area contributed by atoms with E-state index in [2.05, 4.69) is 153 Å². The summed E-state index contributed by atoms with van der Waals surface area (Å²) in [4.78, 5) is 2.51. The van der Waals surface area contributed by atoms with E-state index in [-0.39, 0.29) is 5.41 Å². The Balaban J connectivity index is 1.35. The summed E-state index contributed by atoms with van der Waals surface area (Å²) in [7, 11) is 0. The van der Waals surface area contributed by atoms with Crippen LogP contribution in [-0.4, -0.2) is 0 Å². The lowest BCUT2D eigenvalue weighted by Gasteiger charge is -2.31. The van der Waals surface area contributed by atoms with Crippen LogP contribution in [0.5, 0.6) is 0 Å². The smallest absolute Gasteiger partial charge is 0.0546 e. The number of anilines is 3. The zero-order valence-corrected chi connectivity index (χ0v) is 26.7. The summed E-state index contributed by atoms with van der Waals surface area (Å²) in [6.07, 6.45) is 6.70. The van der Waals surface area contributed by atoms with Gasteiger partial charge >= 0.3 is 0 Å². The van der Waals surface area contributed by atoms with Crippen LogP contribution >= 0.6 is 0 Å². The van der Waals surface area contributed by atoms with Gasteiger partial charge in [0, 0.05) is 22.4 Å². The standard InChI is InChI=1S/C44H41N/c1-30-13-7-10-18-37(30)40-27-33-16-8-9-17-34(33)28-43(40)45(35-23-21-32(22-24-35)31-14-5-4-6-15-31)36-25-26-39-38-19-11-12-20-41(38)44(2,3)42(39)29-36/h7-13,16-29,31H,4-6,14-15H2,1-3H3. The highest BCUT2D eigenvalue weighted by Gasteiger charge is 2.36. The van der Waals surface area contributed by atoms with Gasteiger partial charge in [0.25, 0.3) is 0 Å². The van der Waals surface area contributed by atoms with E-state index in [9.17, 15) is 0 Å². The van der Waals surface area contributed by atoms with Crippen molar-refractivity contribution in [2.24, 2.45) is 0 Å². The van der Waals surface area contributed by atoms with Crippen LogP contribution in [0.25, 0.3) is 33.0 Å². The third-order valence-electron chi connectivity index (χ3n) is 10.6. The van der Waals surface area contributed by atoms with E-state index in [1.54, 1.807) is 0 Å². The summed E-state index contributed by atoms with van der Waals surface area (Å²) in [5.41, 5.74) is 14.4. The van der Waals surface area contributed by atoms with Crippen LogP contribution in [0.3, 0.4) is 0 Å². The lowest BCUT2D eigenvalue weighted by molar-refractivity contribution is 0.443. The van der Waals surface area contributed by atoms with Gasteiger partial charge in [-0.25, -0.2) is 0 Å². The molecule has 222 valence electrons. The second-order valence-electron chi connectivity index (χ2n) is 13.7. The molecule has 8 rings (SSSR count). The highest BCUT2D eigenvalue weighted by atomic mass is 15.1. The average molecular weight is 584 g/mol. The fourth-order valence-corrected chi connectivity index (χ4v) is 8.09. The van der Waals surface area contributed by atoms with Crippen molar-refractivity contribution in [3.05, 3.63) is 150 Å². The van der Waals surface area contributed by atoms with Crippen LogP contribution in [0.1, 0.15) is 74.1 Å². The number of hydrogen-bond acceptors (Lipinski definition) is 1. The van der Waals surface area contributed by atoms with Gasteiger partial charge in [0.05, 0.1) is 5.69 Å². The van der Waals surface area contributed by atoms with Gasteiger partial charge in [-0.05, 0) is 112 Å². The van der Waals surface area contributed by atoms with Gasteiger partial charge in [-0.3, -0.25) is 0 Å². The maximum Gasteiger partial charge on any atom is 0.0546 e. The first-order valence-corrected chi connectivity index (χ1v) is 16.7. The SMILES string of the molecule is Cc1ccccc1-c1cc2ccccc2cc1N(c1ccc(C2CCCCC2)cc1)c1ccc2c(c1)C(C)(C)c1ccccc1-2. The summed E-state index contributed by atoms with van der Waals surface area (Å²) < 4.78 is 0.